The molecule has 7 nitrogen and oxygen atoms in total. The van der Waals surface area contributed by atoms with Crippen LogP contribution in [-0.4, -0.2) is 53.9 Å². The number of hydrogen-bond acceptors (Lipinski definition) is 5. The van der Waals surface area contributed by atoms with Gasteiger partial charge in [0, 0.05) is 30.9 Å². The van der Waals surface area contributed by atoms with Gasteiger partial charge in [-0.3, -0.25) is 14.5 Å². The Morgan fingerprint density at radius 3 is 2.84 bits per heavy atom. The maximum absolute atomic E-state index is 13.2. The number of benzene rings is 1. The summed E-state index contributed by atoms with van der Waals surface area (Å²) in [6.07, 6.45) is 6.76. The molecule has 0 spiro atoms. The van der Waals surface area contributed by atoms with Gasteiger partial charge in [-0.15, -0.1) is 0 Å². The van der Waals surface area contributed by atoms with E-state index in [0.717, 1.165) is 25.1 Å². The number of pyridine rings is 1. The molecule has 3 heterocycles. The Hall–Kier alpha value is -2.93. The fraction of sp³-hybridized carbons (Fsp3) is 0.480. The number of piperidine rings is 1. The smallest absolute Gasteiger partial charge is 0.274 e. The van der Waals surface area contributed by atoms with Gasteiger partial charge < -0.3 is 15.0 Å². The normalized spacial score (nSPS) is 21.0. The number of hydrogen-bond donors (Lipinski definition) is 1. The molecule has 4 rings (SSSR count). The van der Waals surface area contributed by atoms with Crippen molar-refractivity contribution in [1.29, 1.82) is 0 Å². The average molecular weight is 437 g/mol. The fourth-order valence-corrected chi connectivity index (χ4v) is 4.62. The highest BCUT2D eigenvalue weighted by Gasteiger charge is 2.37. The van der Waals surface area contributed by atoms with Gasteiger partial charge in [-0.2, -0.15) is 0 Å². The van der Waals surface area contributed by atoms with E-state index in [1.54, 1.807) is 18.3 Å². The lowest BCUT2D eigenvalue weighted by Crippen LogP contribution is -2.47. The second-order valence-corrected chi connectivity index (χ2v) is 8.46. The molecule has 0 unspecified atom stereocenters. The predicted molar refractivity (Wildman–Crippen MR) is 124 cm³/mol. The summed E-state index contributed by atoms with van der Waals surface area (Å²) in [7, 11) is 0. The van der Waals surface area contributed by atoms with Crippen LogP contribution in [0.15, 0.2) is 48.7 Å². The zero-order valence-corrected chi connectivity index (χ0v) is 18.7. The molecule has 1 N–H and O–H groups in total. The van der Waals surface area contributed by atoms with Gasteiger partial charge in [-0.1, -0.05) is 43.7 Å². The third kappa shape index (κ3) is 5.10. The Morgan fingerprint density at radius 2 is 2.03 bits per heavy atom. The Labute approximate surface area is 189 Å². The number of nitrogens with one attached hydrogen (secondary N) is 1. The van der Waals surface area contributed by atoms with Gasteiger partial charge in [-0.05, 0) is 44.4 Å². The standard InChI is InChI=1S/C25H32N4O3/c1-2-20-12-6-7-16-28(20)17-9-15-26-22(30)18-29-24-21(13-8-14-27-24)32-23(25(29)31)19-10-4-3-5-11-19/h3-5,8,10-11,13-14,20,23H,2,6-7,9,12,15-18H2,1H3,(H,26,30)/t20-,23+/m0/s1. The van der Waals surface area contributed by atoms with Crippen LogP contribution in [0.3, 0.4) is 0 Å². The third-order valence-electron chi connectivity index (χ3n) is 6.31. The molecule has 2 aliphatic heterocycles. The van der Waals surface area contributed by atoms with Gasteiger partial charge in [0.05, 0.1) is 0 Å². The van der Waals surface area contributed by atoms with Crippen molar-refractivity contribution < 1.29 is 14.3 Å². The van der Waals surface area contributed by atoms with Crippen LogP contribution in [0.25, 0.3) is 0 Å². The van der Waals surface area contributed by atoms with Crippen LogP contribution in [-0.2, 0) is 9.59 Å². The number of fused-ring (bicyclic) bond motifs is 1. The monoisotopic (exact) mass is 436 g/mol. The molecule has 1 aromatic heterocycles. The topological polar surface area (TPSA) is 74.8 Å². The lowest BCUT2D eigenvalue weighted by molar-refractivity contribution is -0.129. The first-order chi connectivity index (χ1) is 15.7. The molecule has 2 atom stereocenters. The summed E-state index contributed by atoms with van der Waals surface area (Å²) < 4.78 is 5.94. The zero-order chi connectivity index (χ0) is 22.3. The van der Waals surface area contributed by atoms with E-state index in [-0.39, 0.29) is 18.4 Å². The highest BCUT2D eigenvalue weighted by atomic mass is 16.5. The Kier molecular flexibility index (Phi) is 7.37. The molecular weight excluding hydrogens is 404 g/mol. The number of nitrogens with zero attached hydrogens (tertiary/aromatic N) is 3. The SMILES string of the molecule is CC[C@H]1CCCCN1CCCNC(=O)CN1C(=O)[C@@H](c2ccccc2)Oc2cccnc21. The van der Waals surface area contributed by atoms with Gasteiger partial charge in [-0.25, -0.2) is 4.98 Å². The van der Waals surface area contributed by atoms with Crippen LogP contribution in [0.4, 0.5) is 5.82 Å². The van der Waals surface area contributed by atoms with E-state index in [2.05, 4.69) is 22.1 Å². The highest BCUT2D eigenvalue weighted by molar-refractivity contribution is 6.03. The third-order valence-corrected chi connectivity index (χ3v) is 6.31. The van der Waals surface area contributed by atoms with Gasteiger partial charge in [0.2, 0.25) is 12.0 Å². The fourth-order valence-electron chi connectivity index (χ4n) is 4.62. The molecule has 0 radical (unpaired) electrons. The molecule has 32 heavy (non-hydrogen) atoms. The van der Waals surface area contributed by atoms with Crippen molar-refractivity contribution in [3.63, 3.8) is 0 Å². The van der Waals surface area contributed by atoms with Gasteiger partial charge in [0.15, 0.2) is 11.6 Å². The Morgan fingerprint density at radius 1 is 1.19 bits per heavy atom. The highest BCUT2D eigenvalue weighted by Crippen LogP contribution is 2.36. The van der Waals surface area contributed by atoms with Gasteiger partial charge in [0.25, 0.3) is 5.91 Å². The van der Waals surface area contributed by atoms with Crippen LogP contribution in [0.5, 0.6) is 5.75 Å². The molecule has 0 bridgehead atoms. The maximum Gasteiger partial charge on any atom is 0.274 e. The Bertz CT molecular complexity index is 920. The summed E-state index contributed by atoms with van der Waals surface area (Å²) in [6, 6.07) is 13.5. The van der Waals surface area contributed by atoms with E-state index in [0.29, 0.717) is 24.2 Å². The van der Waals surface area contributed by atoms with E-state index in [1.165, 1.54) is 30.6 Å². The minimum Gasteiger partial charge on any atom is -0.472 e. The van der Waals surface area contributed by atoms with Gasteiger partial charge >= 0.3 is 0 Å². The van der Waals surface area contributed by atoms with E-state index in [1.807, 2.05) is 30.3 Å². The number of rotatable bonds is 8. The molecule has 1 saturated heterocycles. The molecule has 2 aromatic rings. The van der Waals surface area contributed by atoms with E-state index in [9.17, 15) is 9.59 Å². The quantitative estimate of drug-likeness (QED) is 0.643. The largest absolute Gasteiger partial charge is 0.472 e. The van der Waals surface area contributed by atoms with Crippen molar-refractivity contribution in [2.45, 2.75) is 51.2 Å². The van der Waals surface area contributed by atoms with E-state index < -0.39 is 6.10 Å². The minimum absolute atomic E-state index is 0.0726. The second-order valence-electron chi connectivity index (χ2n) is 8.46. The van der Waals surface area contributed by atoms with Crippen LogP contribution < -0.4 is 15.0 Å². The Balaban J connectivity index is 1.35. The van der Waals surface area contributed by atoms with E-state index >= 15 is 0 Å². The molecule has 2 aliphatic rings. The molecular formula is C25H32N4O3. The zero-order valence-electron chi connectivity index (χ0n) is 18.7. The maximum atomic E-state index is 13.2. The number of carbonyl (C=O) groups is 2. The van der Waals surface area contributed by atoms with Crippen molar-refractivity contribution in [3.8, 4) is 5.75 Å². The van der Waals surface area contributed by atoms with Crippen LogP contribution in [0.2, 0.25) is 0 Å². The summed E-state index contributed by atoms with van der Waals surface area (Å²) in [4.78, 5) is 34.2. The van der Waals surface area contributed by atoms with Crippen LogP contribution in [0, 0.1) is 0 Å². The second kappa shape index (κ2) is 10.6. The number of likely N-dealkylation sites (tertiary alicyclic amines) is 1. The molecule has 0 aliphatic carbocycles. The van der Waals surface area contributed by atoms with Crippen LogP contribution in [0.1, 0.15) is 50.7 Å². The summed E-state index contributed by atoms with van der Waals surface area (Å²) in [5, 5.41) is 2.98. The molecule has 1 aromatic carbocycles. The lowest BCUT2D eigenvalue weighted by Gasteiger charge is -2.35. The molecule has 2 amide bonds. The molecule has 7 heteroatoms. The summed E-state index contributed by atoms with van der Waals surface area (Å²) >= 11 is 0. The summed E-state index contributed by atoms with van der Waals surface area (Å²) in [5.41, 5.74) is 0.754. The summed E-state index contributed by atoms with van der Waals surface area (Å²) in [5.74, 6) is 0.425. The van der Waals surface area contributed by atoms with Crippen molar-refractivity contribution in [1.82, 2.24) is 15.2 Å². The van der Waals surface area contributed by atoms with Crippen molar-refractivity contribution in [3.05, 3.63) is 54.2 Å². The van der Waals surface area contributed by atoms with Crippen molar-refractivity contribution in [2.24, 2.45) is 0 Å². The van der Waals surface area contributed by atoms with Crippen LogP contribution >= 0.6 is 0 Å². The van der Waals surface area contributed by atoms with Gasteiger partial charge in [0.1, 0.15) is 6.54 Å². The first-order valence-corrected chi connectivity index (χ1v) is 11.7. The lowest BCUT2D eigenvalue weighted by atomic mass is 10.00. The van der Waals surface area contributed by atoms with Crippen molar-refractivity contribution in [2.75, 3.05) is 31.1 Å². The van der Waals surface area contributed by atoms with E-state index in [4.69, 9.17) is 4.74 Å². The summed E-state index contributed by atoms with van der Waals surface area (Å²) in [6.45, 7) is 4.92. The molecule has 170 valence electrons. The molecule has 0 saturated carbocycles. The first-order valence-electron chi connectivity index (χ1n) is 11.7. The number of ether oxygens (including phenoxy) is 1. The van der Waals surface area contributed by atoms with Crippen molar-refractivity contribution >= 4 is 17.6 Å². The number of amides is 2. The average Bonchev–Trinajstić information content (AvgIpc) is 2.84. The number of anilines is 1. The predicted octanol–water partition coefficient (Wildman–Crippen LogP) is 3.32. The first kappa shape index (κ1) is 22.3. The number of carbonyl (C=O) groups excluding carboxylic acids is 2. The number of aromatic nitrogens is 1. The molecule has 1 fully saturated rings. The minimum atomic E-state index is -0.786.